The summed E-state index contributed by atoms with van der Waals surface area (Å²) in [6, 6.07) is -0.305. The highest BCUT2D eigenvalue weighted by Gasteiger charge is 2.15. The Labute approximate surface area is 93.4 Å². The molecule has 1 atom stereocenters. The smallest absolute Gasteiger partial charge is 0.212 e. The molecule has 0 saturated carbocycles. The Morgan fingerprint density at radius 2 is 1.53 bits per heavy atom. The van der Waals surface area contributed by atoms with E-state index >= 15 is 0 Å². The molecule has 90 valence electrons. The Morgan fingerprint density at radius 1 is 1.00 bits per heavy atom. The van der Waals surface area contributed by atoms with E-state index in [9.17, 15) is 10.1 Å². The number of nitro groups is 1. The fraction of sp³-hybridized carbons (Fsp3) is 1.00. The summed E-state index contributed by atoms with van der Waals surface area (Å²) in [6.07, 6.45) is 10.1. The van der Waals surface area contributed by atoms with Crippen molar-refractivity contribution < 1.29 is 4.92 Å². The van der Waals surface area contributed by atoms with Crippen molar-refractivity contribution in [1.82, 2.24) is 0 Å². The summed E-state index contributed by atoms with van der Waals surface area (Å²) in [7, 11) is 0. The molecule has 0 aliphatic heterocycles. The Morgan fingerprint density at radius 3 is 2.00 bits per heavy atom. The Hall–Kier alpha value is -0.600. The van der Waals surface area contributed by atoms with Gasteiger partial charge in [-0.15, -0.1) is 0 Å². The zero-order valence-electron chi connectivity index (χ0n) is 10.2. The van der Waals surface area contributed by atoms with Crippen molar-refractivity contribution in [2.24, 2.45) is 0 Å². The van der Waals surface area contributed by atoms with Crippen molar-refractivity contribution in [1.29, 1.82) is 0 Å². The van der Waals surface area contributed by atoms with E-state index in [1.807, 2.05) is 6.92 Å². The Bertz CT molecular complexity index is 160. The molecule has 15 heavy (non-hydrogen) atoms. The van der Waals surface area contributed by atoms with E-state index in [0.29, 0.717) is 6.42 Å². The van der Waals surface area contributed by atoms with Gasteiger partial charge in [0.1, 0.15) is 0 Å². The fourth-order valence-corrected chi connectivity index (χ4v) is 1.80. The van der Waals surface area contributed by atoms with Crippen molar-refractivity contribution in [3.8, 4) is 0 Å². The minimum atomic E-state index is -0.305. The maximum Gasteiger partial charge on any atom is 0.212 e. The summed E-state index contributed by atoms with van der Waals surface area (Å²) in [5.74, 6) is 0. The largest absolute Gasteiger partial charge is 0.264 e. The van der Waals surface area contributed by atoms with Gasteiger partial charge in [0, 0.05) is 17.8 Å². The predicted octanol–water partition coefficient (Wildman–Crippen LogP) is 4.18. The van der Waals surface area contributed by atoms with Gasteiger partial charge in [0.15, 0.2) is 0 Å². The second-order valence-corrected chi connectivity index (χ2v) is 4.26. The molecule has 0 fully saturated rings. The molecule has 0 saturated heterocycles. The molecule has 0 heterocycles. The lowest BCUT2D eigenvalue weighted by atomic mass is 10.0. The fourth-order valence-electron chi connectivity index (χ4n) is 1.80. The molecule has 0 spiro atoms. The topological polar surface area (TPSA) is 43.1 Å². The van der Waals surface area contributed by atoms with Gasteiger partial charge in [-0.2, -0.15) is 0 Å². The van der Waals surface area contributed by atoms with E-state index < -0.39 is 0 Å². The van der Waals surface area contributed by atoms with E-state index in [1.54, 1.807) is 0 Å². The lowest BCUT2D eigenvalue weighted by Crippen LogP contribution is -2.17. The number of nitrogens with zero attached hydrogens (tertiary/aromatic N) is 1. The van der Waals surface area contributed by atoms with Gasteiger partial charge in [-0.25, -0.2) is 0 Å². The highest BCUT2D eigenvalue weighted by molar-refractivity contribution is 4.54. The lowest BCUT2D eigenvalue weighted by molar-refractivity contribution is -0.523. The molecule has 0 aliphatic rings. The van der Waals surface area contributed by atoms with Crippen LogP contribution in [0.3, 0.4) is 0 Å². The van der Waals surface area contributed by atoms with Crippen molar-refractivity contribution in [2.45, 2.75) is 77.7 Å². The minimum absolute atomic E-state index is 0.128. The highest BCUT2D eigenvalue weighted by Crippen LogP contribution is 2.12. The van der Waals surface area contributed by atoms with Gasteiger partial charge < -0.3 is 0 Å². The molecule has 3 heteroatoms. The summed E-state index contributed by atoms with van der Waals surface area (Å²) < 4.78 is 0. The summed E-state index contributed by atoms with van der Waals surface area (Å²) >= 11 is 0. The average molecular weight is 215 g/mol. The molecule has 0 rings (SSSR count). The van der Waals surface area contributed by atoms with Crippen molar-refractivity contribution in [2.75, 3.05) is 0 Å². The molecule has 1 unspecified atom stereocenters. The van der Waals surface area contributed by atoms with Gasteiger partial charge in [-0.05, 0) is 6.42 Å². The van der Waals surface area contributed by atoms with Crippen LogP contribution >= 0.6 is 0 Å². The van der Waals surface area contributed by atoms with Crippen LogP contribution in [0.1, 0.15) is 71.6 Å². The van der Waals surface area contributed by atoms with Gasteiger partial charge >= 0.3 is 0 Å². The van der Waals surface area contributed by atoms with Gasteiger partial charge in [0.25, 0.3) is 0 Å². The van der Waals surface area contributed by atoms with Crippen LogP contribution in [0, 0.1) is 10.1 Å². The maximum absolute atomic E-state index is 10.5. The normalized spacial score (nSPS) is 12.7. The monoisotopic (exact) mass is 215 g/mol. The second kappa shape index (κ2) is 9.94. The number of hydrogen-bond donors (Lipinski definition) is 0. The molecule has 0 radical (unpaired) electrons. The molecule has 0 aliphatic carbocycles. The molecule has 0 amide bonds. The Balaban J connectivity index is 3.25. The van der Waals surface area contributed by atoms with E-state index in [2.05, 4.69) is 6.92 Å². The van der Waals surface area contributed by atoms with E-state index in [1.165, 1.54) is 32.1 Å². The predicted molar refractivity (Wildman–Crippen MR) is 63.7 cm³/mol. The van der Waals surface area contributed by atoms with E-state index in [0.717, 1.165) is 19.3 Å². The standard InChI is InChI=1S/C12H25NO2/c1-3-5-6-7-8-9-10-11-12(4-2)13(14)15/h12H,3-11H2,1-2H3. The third-order valence-corrected chi connectivity index (χ3v) is 2.91. The highest BCUT2D eigenvalue weighted by atomic mass is 16.6. The zero-order chi connectivity index (χ0) is 11.5. The molecule has 0 N–H and O–H groups in total. The van der Waals surface area contributed by atoms with Crippen molar-refractivity contribution in [3.05, 3.63) is 10.1 Å². The summed E-state index contributed by atoms with van der Waals surface area (Å²) in [4.78, 5) is 10.4. The van der Waals surface area contributed by atoms with Crippen LogP contribution in [0.15, 0.2) is 0 Å². The van der Waals surface area contributed by atoms with Crippen molar-refractivity contribution >= 4 is 0 Å². The van der Waals surface area contributed by atoms with Crippen LogP contribution in [0.4, 0.5) is 0 Å². The van der Waals surface area contributed by atoms with Crippen LogP contribution in [-0.2, 0) is 0 Å². The van der Waals surface area contributed by atoms with E-state index in [-0.39, 0.29) is 11.0 Å². The first-order valence-electron chi connectivity index (χ1n) is 6.35. The maximum atomic E-state index is 10.5. The first kappa shape index (κ1) is 14.4. The first-order chi connectivity index (χ1) is 7.22. The number of unbranched alkanes of at least 4 members (excludes halogenated alkanes) is 6. The van der Waals surface area contributed by atoms with Crippen LogP contribution in [0.25, 0.3) is 0 Å². The molecular formula is C12H25NO2. The van der Waals surface area contributed by atoms with Crippen LogP contribution in [0.2, 0.25) is 0 Å². The van der Waals surface area contributed by atoms with Crippen LogP contribution in [-0.4, -0.2) is 11.0 Å². The summed E-state index contributed by atoms with van der Waals surface area (Å²) in [5.41, 5.74) is 0. The second-order valence-electron chi connectivity index (χ2n) is 4.26. The molecule has 3 nitrogen and oxygen atoms in total. The molecule has 0 bridgehead atoms. The lowest BCUT2D eigenvalue weighted by Gasteiger charge is -2.06. The summed E-state index contributed by atoms with van der Waals surface area (Å²) in [6.45, 7) is 4.11. The number of rotatable bonds is 10. The van der Waals surface area contributed by atoms with Crippen LogP contribution in [0.5, 0.6) is 0 Å². The third-order valence-electron chi connectivity index (χ3n) is 2.91. The third kappa shape index (κ3) is 8.40. The van der Waals surface area contributed by atoms with Crippen LogP contribution < -0.4 is 0 Å². The quantitative estimate of drug-likeness (QED) is 0.311. The van der Waals surface area contributed by atoms with Gasteiger partial charge in [0.2, 0.25) is 6.04 Å². The van der Waals surface area contributed by atoms with Crippen molar-refractivity contribution in [3.63, 3.8) is 0 Å². The van der Waals surface area contributed by atoms with Gasteiger partial charge in [-0.1, -0.05) is 52.4 Å². The molecular weight excluding hydrogens is 190 g/mol. The average Bonchev–Trinajstić information content (AvgIpc) is 2.21. The summed E-state index contributed by atoms with van der Waals surface area (Å²) in [5, 5.41) is 10.5. The molecule has 0 aromatic rings. The van der Waals surface area contributed by atoms with Gasteiger partial charge in [-0.3, -0.25) is 10.1 Å². The zero-order valence-corrected chi connectivity index (χ0v) is 10.2. The van der Waals surface area contributed by atoms with E-state index in [4.69, 9.17) is 0 Å². The first-order valence-corrected chi connectivity index (χ1v) is 6.35. The van der Waals surface area contributed by atoms with Gasteiger partial charge in [0.05, 0.1) is 0 Å². The molecule has 0 aromatic heterocycles. The SMILES string of the molecule is CCCCCCCCCC(CC)[N+](=O)[O-]. The number of hydrogen-bond acceptors (Lipinski definition) is 2. The minimum Gasteiger partial charge on any atom is -0.264 e. The molecule has 0 aromatic carbocycles. The Kier molecular flexibility index (Phi) is 9.54.